The van der Waals surface area contributed by atoms with Crippen molar-refractivity contribution in [2.24, 2.45) is 5.92 Å². The van der Waals surface area contributed by atoms with Gasteiger partial charge in [0.05, 0.1) is 18.0 Å². The Morgan fingerprint density at radius 3 is 2.50 bits per heavy atom. The van der Waals surface area contributed by atoms with Crippen LogP contribution in [0.25, 0.3) is 0 Å². The third-order valence-electron chi connectivity index (χ3n) is 9.99. The van der Waals surface area contributed by atoms with E-state index in [4.69, 9.17) is 37.4 Å². The van der Waals surface area contributed by atoms with Gasteiger partial charge in [-0.3, -0.25) is 19.3 Å². The van der Waals surface area contributed by atoms with E-state index in [1.807, 2.05) is 12.1 Å². The zero-order valence-electron chi connectivity index (χ0n) is 31.2. The first-order valence-electron chi connectivity index (χ1n) is 18.4. The average molecular weight is 835 g/mol. The summed E-state index contributed by atoms with van der Waals surface area (Å²) in [6.45, 7) is 5.71. The fraction of sp³-hybridized carbons (Fsp3) is 0.500. The third-order valence-corrected chi connectivity index (χ3v) is 11.9. The van der Waals surface area contributed by atoms with Crippen molar-refractivity contribution >= 4 is 63.1 Å². The number of fused-ring (bicyclic) bond motifs is 3. The number of benzene rings is 2. The summed E-state index contributed by atoms with van der Waals surface area (Å²) < 4.78 is 45.8. The van der Waals surface area contributed by atoms with Crippen molar-refractivity contribution in [2.45, 2.75) is 100 Å². The number of alkyl carbamates (subject to hydrolysis) is 1. The summed E-state index contributed by atoms with van der Waals surface area (Å²) in [6, 6.07) is 8.14. The SMILES string of the molecule is CC(C)(C)OC(=O)N[C@H]1CCOCCC/C=C\[C@@H]2C[C@@]2(C(=O)NS(=O)(=O)c2ccc(Cl)cc2)NC(=O)[C@@H]2C[C@@H](OC(=O)N3Cc4cccc(Cl)c4C3)CN2C1=O. The van der Waals surface area contributed by atoms with E-state index in [-0.39, 0.29) is 50.4 Å². The lowest BCUT2D eigenvalue weighted by Crippen LogP contribution is -2.58. The van der Waals surface area contributed by atoms with Gasteiger partial charge in [-0.25, -0.2) is 22.7 Å². The van der Waals surface area contributed by atoms with E-state index >= 15 is 0 Å². The molecule has 3 heterocycles. The van der Waals surface area contributed by atoms with Crippen LogP contribution < -0.4 is 15.4 Å². The van der Waals surface area contributed by atoms with E-state index in [1.165, 1.54) is 34.1 Å². The van der Waals surface area contributed by atoms with Crippen molar-refractivity contribution in [3.8, 4) is 0 Å². The molecule has 2 aromatic carbocycles. The van der Waals surface area contributed by atoms with Gasteiger partial charge in [-0.05, 0) is 81.5 Å². The van der Waals surface area contributed by atoms with Crippen molar-refractivity contribution in [1.82, 2.24) is 25.2 Å². The van der Waals surface area contributed by atoms with E-state index in [9.17, 15) is 32.4 Å². The number of nitrogens with one attached hydrogen (secondary N) is 3. The zero-order valence-corrected chi connectivity index (χ0v) is 33.5. The van der Waals surface area contributed by atoms with Crippen LogP contribution >= 0.6 is 23.2 Å². The minimum Gasteiger partial charge on any atom is -0.444 e. The van der Waals surface area contributed by atoms with Crippen LogP contribution in [0, 0.1) is 5.92 Å². The van der Waals surface area contributed by atoms with Crippen LogP contribution in [-0.2, 0) is 51.7 Å². The summed E-state index contributed by atoms with van der Waals surface area (Å²) in [5, 5.41) is 6.21. The Morgan fingerprint density at radius 1 is 1.04 bits per heavy atom. The maximum Gasteiger partial charge on any atom is 0.410 e. The first-order valence-corrected chi connectivity index (χ1v) is 20.6. The van der Waals surface area contributed by atoms with E-state index in [2.05, 4.69) is 15.4 Å². The number of ether oxygens (including phenoxy) is 3. The number of hydrogen-bond acceptors (Lipinski definition) is 10. The highest BCUT2D eigenvalue weighted by Crippen LogP contribution is 2.46. The van der Waals surface area contributed by atoms with Crippen LogP contribution in [0.3, 0.4) is 0 Å². The lowest BCUT2D eigenvalue weighted by molar-refractivity contribution is -0.141. The maximum atomic E-state index is 14.4. The number of rotatable bonds is 5. The Balaban J connectivity index is 1.27. The number of nitrogens with zero attached hydrogens (tertiary/aromatic N) is 2. The first kappa shape index (κ1) is 41.3. The summed E-state index contributed by atoms with van der Waals surface area (Å²) in [6.07, 6.45) is 2.20. The summed E-state index contributed by atoms with van der Waals surface area (Å²) in [4.78, 5) is 71.6. The van der Waals surface area contributed by atoms with E-state index in [0.29, 0.717) is 29.5 Å². The van der Waals surface area contributed by atoms with Gasteiger partial charge in [-0.15, -0.1) is 0 Å². The summed E-state index contributed by atoms with van der Waals surface area (Å²) in [5.41, 5.74) is -0.893. The molecule has 5 atom stereocenters. The average Bonchev–Trinajstić information content (AvgIpc) is 3.41. The van der Waals surface area contributed by atoms with Crippen molar-refractivity contribution in [3.05, 3.63) is 75.8 Å². The lowest BCUT2D eigenvalue weighted by atomic mass is 10.1. The number of sulfonamides is 1. The monoisotopic (exact) mass is 833 g/mol. The number of halogens is 2. The number of allylic oxidation sites excluding steroid dienone is 1. The van der Waals surface area contributed by atoms with Gasteiger partial charge in [0.2, 0.25) is 11.8 Å². The molecule has 3 aliphatic heterocycles. The highest BCUT2D eigenvalue weighted by atomic mass is 35.5. The second kappa shape index (κ2) is 16.6. The molecular weight excluding hydrogens is 789 g/mol. The topological polar surface area (TPSA) is 190 Å². The fourth-order valence-corrected chi connectivity index (χ4v) is 8.47. The third kappa shape index (κ3) is 9.59. The van der Waals surface area contributed by atoms with Gasteiger partial charge in [0.1, 0.15) is 29.3 Å². The minimum absolute atomic E-state index is 0.0347. The molecule has 2 fully saturated rings. The molecule has 0 bridgehead atoms. The molecule has 0 radical (unpaired) electrons. The molecule has 1 aliphatic carbocycles. The summed E-state index contributed by atoms with van der Waals surface area (Å²) in [5.74, 6) is -2.98. The van der Waals surface area contributed by atoms with Gasteiger partial charge in [0.15, 0.2) is 0 Å². The van der Waals surface area contributed by atoms with Crippen molar-refractivity contribution in [1.29, 1.82) is 0 Å². The molecule has 18 heteroatoms. The smallest absolute Gasteiger partial charge is 0.410 e. The van der Waals surface area contributed by atoms with Crippen LogP contribution in [-0.4, -0.2) is 97.2 Å². The van der Waals surface area contributed by atoms with Gasteiger partial charge in [0.25, 0.3) is 15.9 Å². The normalized spacial score (nSPS) is 26.2. The minimum atomic E-state index is -4.37. The van der Waals surface area contributed by atoms with Gasteiger partial charge in [0, 0.05) is 48.6 Å². The van der Waals surface area contributed by atoms with Gasteiger partial charge < -0.3 is 29.7 Å². The molecule has 15 nitrogen and oxygen atoms in total. The Morgan fingerprint density at radius 2 is 1.79 bits per heavy atom. The largest absolute Gasteiger partial charge is 0.444 e. The molecular formula is C38H45Cl2N5O10S. The van der Waals surface area contributed by atoms with Crippen LogP contribution in [0.1, 0.15) is 64.0 Å². The summed E-state index contributed by atoms with van der Waals surface area (Å²) >= 11 is 12.3. The molecule has 0 aromatic heterocycles. The molecule has 0 spiro atoms. The fourth-order valence-electron chi connectivity index (χ4n) is 7.05. The molecule has 6 rings (SSSR count). The standard InChI is InChI=1S/C38H45Cl2N5O10S/c1-37(2,3)55-35(49)41-30-15-17-53-16-6-4-5-9-24-19-38(24,34(48)43-56(51,52)27-13-11-25(39)12-14-27)42-32(46)31-18-26(21-45(31)33(30)47)54-36(50)44-20-23-8-7-10-29(40)28(23)22-44/h5,7-14,24,26,30-31H,4,6,15-22H2,1-3H3,(H,41,49)(H,42,46)(H,43,48)/b9-5-/t24-,26-,30+,31+,38-/m1/s1. The Kier molecular flexibility index (Phi) is 12.2. The van der Waals surface area contributed by atoms with E-state index < -0.39 is 75.2 Å². The molecule has 4 aliphatic rings. The highest BCUT2D eigenvalue weighted by Gasteiger charge is 2.61. The molecule has 1 saturated carbocycles. The van der Waals surface area contributed by atoms with Crippen molar-refractivity contribution < 1.29 is 46.6 Å². The second-order valence-electron chi connectivity index (χ2n) is 15.3. The molecule has 5 amide bonds. The number of hydrogen-bond donors (Lipinski definition) is 3. The zero-order chi connectivity index (χ0) is 40.4. The second-order valence-corrected chi connectivity index (χ2v) is 17.8. The predicted molar refractivity (Wildman–Crippen MR) is 204 cm³/mol. The molecule has 302 valence electrons. The van der Waals surface area contributed by atoms with Crippen LogP contribution in [0.2, 0.25) is 10.0 Å². The van der Waals surface area contributed by atoms with Crippen LogP contribution in [0.4, 0.5) is 9.59 Å². The van der Waals surface area contributed by atoms with Gasteiger partial charge in [-0.2, -0.15) is 0 Å². The molecule has 56 heavy (non-hydrogen) atoms. The Bertz CT molecular complexity index is 2010. The number of carbonyl (C=O) groups excluding carboxylic acids is 5. The molecule has 1 saturated heterocycles. The molecule has 2 aromatic rings. The number of carbonyl (C=O) groups is 5. The molecule has 3 N–H and O–H groups in total. The lowest BCUT2D eigenvalue weighted by Gasteiger charge is -2.30. The summed E-state index contributed by atoms with van der Waals surface area (Å²) in [7, 11) is -4.37. The first-order chi connectivity index (χ1) is 26.5. The quantitative estimate of drug-likeness (QED) is 0.363. The molecule has 0 unspecified atom stereocenters. The van der Waals surface area contributed by atoms with E-state index in [1.54, 1.807) is 39.0 Å². The number of amides is 5. The maximum absolute atomic E-state index is 14.4. The van der Waals surface area contributed by atoms with E-state index in [0.717, 1.165) is 11.1 Å². The van der Waals surface area contributed by atoms with Crippen molar-refractivity contribution in [3.63, 3.8) is 0 Å². The Labute approximate surface area is 335 Å². The van der Waals surface area contributed by atoms with Crippen LogP contribution in [0.15, 0.2) is 59.5 Å². The Hall–Kier alpha value is -4.38. The predicted octanol–water partition coefficient (Wildman–Crippen LogP) is 4.45. The van der Waals surface area contributed by atoms with Gasteiger partial charge >= 0.3 is 12.2 Å². The van der Waals surface area contributed by atoms with Crippen molar-refractivity contribution in [2.75, 3.05) is 19.8 Å². The van der Waals surface area contributed by atoms with Crippen LogP contribution in [0.5, 0.6) is 0 Å². The van der Waals surface area contributed by atoms with Gasteiger partial charge in [-0.1, -0.05) is 47.5 Å². The highest BCUT2D eigenvalue weighted by molar-refractivity contribution is 7.90.